The molecule has 0 atom stereocenters. The van der Waals surface area contributed by atoms with Crippen LogP contribution < -0.4 is 0 Å². The monoisotopic (exact) mass is 424 g/mol. The van der Waals surface area contributed by atoms with Crippen LogP contribution in [0.1, 0.15) is 5.69 Å². The molecular formula is C19H15F3N2O4S. The number of hydrogen-bond acceptors (Lipinski definition) is 4. The Labute approximate surface area is 164 Å². The largest absolute Gasteiger partial charge is 0.476 e. The maximum Gasteiger partial charge on any atom is 0.386 e. The van der Waals surface area contributed by atoms with Crippen molar-refractivity contribution in [2.45, 2.75) is 10.8 Å². The molecule has 0 spiro atoms. The summed E-state index contributed by atoms with van der Waals surface area (Å²) in [4.78, 5) is 10.6. The molecule has 3 aromatic rings. The fourth-order valence-corrected chi connectivity index (χ4v) is 3.45. The number of carboxylic acid groups (broad SMARTS) is 1. The number of alkyl halides is 2. The lowest BCUT2D eigenvalue weighted by atomic mass is 10.0. The van der Waals surface area contributed by atoms with E-state index in [9.17, 15) is 26.4 Å². The van der Waals surface area contributed by atoms with Crippen molar-refractivity contribution in [3.05, 3.63) is 60.0 Å². The molecule has 0 radical (unpaired) electrons. The van der Waals surface area contributed by atoms with Gasteiger partial charge in [0.25, 0.3) is 0 Å². The van der Waals surface area contributed by atoms with Gasteiger partial charge in [0.2, 0.25) is 0 Å². The van der Waals surface area contributed by atoms with Gasteiger partial charge in [-0.15, -0.1) is 0 Å². The molecule has 10 heteroatoms. The van der Waals surface area contributed by atoms with E-state index in [4.69, 9.17) is 5.11 Å². The highest BCUT2D eigenvalue weighted by Gasteiger charge is 2.44. The number of halogens is 3. The molecule has 1 aromatic heterocycles. The van der Waals surface area contributed by atoms with Crippen molar-refractivity contribution in [1.82, 2.24) is 9.78 Å². The molecule has 152 valence electrons. The van der Waals surface area contributed by atoms with E-state index in [1.807, 2.05) is 0 Å². The second-order valence-electron chi connectivity index (χ2n) is 6.44. The summed E-state index contributed by atoms with van der Waals surface area (Å²) in [6.07, 6.45) is 0.974. The Balaban J connectivity index is 2.00. The van der Waals surface area contributed by atoms with E-state index in [0.717, 1.165) is 23.1 Å². The molecule has 0 aliphatic rings. The minimum absolute atomic E-state index is 0.163. The third kappa shape index (κ3) is 4.02. The summed E-state index contributed by atoms with van der Waals surface area (Å²) in [6, 6.07) is 10.7. The number of aryl methyl sites for hydroxylation is 1. The average Bonchev–Trinajstić information content (AvgIpc) is 3.03. The lowest BCUT2D eigenvalue weighted by molar-refractivity contribution is -0.167. The quantitative estimate of drug-likeness (QED) is 0.678. The third-order valence-electron chi connectivity index (χ3n) is 4.28. The second-order valence-corrected chi connectivity index (χ2v) is 8.46. The molecule has 0 saturated heterocycles. The summed E-state index contributed by atoms with van der Waals surface area (Å²) >= 11 is 0. The highest BCUT2D eigenvalue weighted by molar-refractivity contribution is 7.90. The standard InChI is InChI=1S/C19H15F3N2O4S/c1-24-16(10-17(23-24)19(21,22)18(25)26)12-5-3-11(4-6-12)13-7-14(20)9-15(8-13)29(2,27)28/h3-10H,1-2H3,(H,25,26). The maximum absolute atomic E-state index is 13.8. The molecule has 0 bridgehead atoms. The van der Waals surface area contributed by atoms with Crippen molar-refractivity contribution in [2.24, 2.45) is 7.05 Å². The first-order chi connectivity index (χ1) is 13.4. The van der Waals surface area contributed by atoms with Crippen LogP contribution in [0.4, 0.5) is 13.2 Å². The number of carboxylic acids is 1. The van der Waals surface area contributed by atoms with Crippen molar-refractivity contribution >= 4 is 15.8 Å². The average molecular weight is 424 g/mol. The fraction of sp³-hybridized carbons (Fsp3) is 0.158. The molecule has 3 rings (SSSR count). The van der Waals surface area contributed by atoms with Crippen LogP contribution in [-0.4, -0.2) is 35.5 Å². The summed E-state index contributed by atoms with van der Waals surface area (Å²) in [5, 5.41) is 12.2. The van der Waals surface area contributed by atoms with Crippen molar-refractivity contribution in [1.29, 1.82) is 0 Å². The van der Waals surface area contributed by atoms with Crippen LogP contribution in [0.15, 0.2) is 53.4 Å². The Bertz CT molecular complexity index is 1200. The summed E-state index contributed by atoms with van der Waals surface area (Å²) in [6.45, 7) is 0. The van der Waals surface area contributed by atoms with Gasteiger partial charge in [0.05, 0.1) is 10.6 Å². The van der Waals surface area contributed by atoms with Gasteiger partial charge in [-0.05, 0) is 41.0 Å². The van der Waals surface area contributed by atoms with Gasteiger partial charge in [0.1, 0.15) is 11.5 Å². The smallest absolute Gasteiger partial charge is 0.386 e. The molecule has 29 heavy (non-hydrogen) atoms. The predicted molar refractivity (Wildman–Crippen MR) is 98.7 cm³/mol. The number of hydrogen-bond donors (Lipinski definition) is 1. The molecule has 0 amide bonds. The maximum atomic E-state index is 13.8. The van der Waals surface area contributed by atoms with E-state index < -0.39 is 33.2 Å². The van der Waals surface area contributed by atoms with E-state index in [2.05, 4.69) is 5.10 Å². The Morgan fingerprint density at radius 3 is 2.17 bits per heavy atom. The fourth-order valence-electron chi connectivity index (χ4n) is 2.78. The van der Waals surface area contributed by atoms with Gasteiger partial charge >= 0.3 is 11.9 Å². The van der Waals surface area contributed by atoms with E-state index in [-0.39, 0.29) is 10.6 Å². The molecule has 0 unspecified atom stereocenters. The van der Waals surface area contributed by atoms with E-state index in [1.165, 1.54) is 19.2 Å². The van der Waals surface area contributed by atoms with Crippen LogP contribution in [0, 0.1) is 5.82 Å². The summed E-state index contributed by atoms with van der Waals surface area (Å²) < 4.78 is 65.7. The van der Waals surface area contributed by atoms with Gasteiger partial charge in [-0.1, -0.05) is 24.3 Å². The first-order valence-electron chi connectivity index (χ1n) is 8.17. The normalized spacial score (nSPS) is 12.2. The molecular weight excluding hydrogens is 409 g/mol. The lowest BCUT2D eigenvalue weighted by Gasteiger charge is -2.07. The highest BCUT2D eigenvalue weighted by atomic mass is 32.2. The number of rotatable bonds is 5. The van der Waals surface area contributed by atoms with Crippen LogP contribution in [0.25, 0.3) is 22.4 Å². The number of sulfone groups is 1. The van der Waals surface area contributed by atoms with Gasteiger partial charge in [-0.25, -0.2) is 17.6 Å². The Kier molecular flexibility index (Phi) is 4.99. The number of benzene rings is 2. The van der Waals surface area contributed by atoms with E-state index in [1.54, 1.807) is 24.3 Å². The van der Waals surface area contributed by atoms with Crippen molar-refractivity contribution < 1.29 is 31.5 Å². The van der Waals surface area contributed by atoms with Crippen LogP contribution in [-0.2, 0) is 27.6 Å². The van der Waals surface area contributed by atoms with Crippen LogP contribution in [0.5, 0.6) is 0 Å². The zero-order valence-corrected chi connectivity index (χ0v) is 16.0. The Hall–Kier alpha value is -3.14. The Morgan fingerprint density at radius 2 is 1.62 bits per heavy atom. The molecule has 1 heterocycles. The van der Waals surface area contributed by atoms with Gasteiger partial charge in [-0.2, -0.15) is 13.9 Å². The highest BCUT2D eigenvalue weighted by Crippen LogP contribution is 2.32. The number of aliphatic carboxylic acids is 1. The van der Waals surface area contributed by atoms with E-state index in [0.29, 0.717) is 16.7 Å². The van der Waals surface area contributed by atoms with Crippen LogP contribution in [0.2, 0.25) is 0 Å². The lowest BCUT2D eigenvalue weighted by Crippen LogP contribution is -2.26. The summed E-state index contributed by atoms with van der Waals surface area (Å²) in [5.41, 5.74) is 0.672. The molecule has 0 aliphatic heterocycles. The van der Waals surface area contributed by atoms with Crippen molar-refractivity contribution in [2.75, 3.05) is 6.26 Å². The zero-order valence-electron chi connectivity index (χ0n) is 15.2. The molecule has 1 N–H and O–H groups in total. The Morgan fingerprint density at radius 1 is 1.03 bits per heavy atom. The first kappa shape index (κ1) is 20.6. The molecule has 2 aromatic carbocycles. The molecule has 0 fully saturated rings. The van der Waals surface area contributed by atoms with Crippen LogP contribution >= 0.6 is 0 Å². The number of carbonyl (C=O) groups is 1. The number of nitrogens with zero attached hydrogens (tertiary/aromatic N) is 2. The van der Waals surface area contributed by atoms with Gasteiger partial charge in [-0.3, -0.25) is 4.68 Å². The third-order valence-corrected chi connectivity index (χ3v) is 5.38. The van der Waals surface area contributed by atoms with Crippen molar-refractivity contribution in [3.63, 3.8) is 0 Å². The second kappa shape index (κ2) is 7.03. The topological polar surface area (TPSA) is 89.3 Å². The van der Waals surface area contributed by atoms with E-state index >= 15 is 0 Å². The molecule has 6 nitrogen and oxygen atoms in total. The molecule has 0 aliphatic carbocycles. The van der Waals surface area contributed by atoms with Gasteiger partial charge in [0, 0.05) is 13.3 Å². The predicted octanol–water partition coefficient (Wildman–Crippen LogP) is 3.47. The minimum atomic E-state index is -4.13. The van der Waals surface area contributed by atoms with Crippen LogP contribution in [0.3, 0.4) is 0 Å². The van der Waals surface area contributed by atoms with Gasteiger partial charge < -0.3 is 5.11 Å². The molecule has 0 saturated carbocycles. The van der Waals surface area contributed by atoms with Crippen molar-refractivity contribution in [3.8, 4) is 22.4 Å². The SMILES string of the molecule is Cn1nc(C(F)(F)C(=O)O)cc1-c1ccc(-c2cc(F)cc(S(C)(=O)=O)c2)cc1. The first-order valence-corrected chi connectivity index (χ1v) is 10.1. The summed E-state index contributed by atoms with van der Waals surface area (Å²) in [7, 11) is -2.20. The number of aromatic nitrogens is 2. The zero-order chi connectivity index (χ0) is 21.6. The minimum Gasteiger partial charge on any atom is -0.476 e. The van der Waals surface area contributed by atoms with Gasteiger partial charge in [0.15, 0.2) is 9.84 Å². The summed E-state index contributed by atoms with van der Waals surface area (Å²) in [5.74, 6) is -7.14.